The van der Waals surface area contributed by atoms with Gasteiger partial charge in [0, 0.05) is 31.6 Å². The minimum Gasteiger partial charge on any atom is -0.489 e. The van der Waals surface area contributed by atoms with Crippen molar-refractivity contribution in [1.29, 1.82) is 0 Å². The predicted molar refractivity (Wildman–Crippen MR) is 102 cm³/mol. The van der Waals surface area contributed by atoms with Gasteiger partial charge in [-0.05, 0) is 37.5 Å². The zero-order chi connectivity index (χ0) is 20.2. The van der Waals surface area contributed by atoms with Gasteiger partial charge in [-0.3, -0.25) is 4.79 Å². The second kappa shape index (κ2) is 7.02. The van der Waals surface area contributed by atoms with Gasteiger partial charge in [0.05, 0.1) is 17.2 Å². The fourth-order valence-corrected chi connectivity index (χ4v) is 5.18. The maximum Gasteiger partial charge on any atom is 0.320 e. The van der Waals surface area contributed by atoms with E-state index in [0.717, 1.165) is 32.4 Å². The number of amides is 3. The summed E-state index contributed by atoms with van der Waals surface area (Å²) in [5.41, 5.74) is 0.118. The van der Waals surface area contributed by atoms with E-state index in [1.807, 2.05) is 9.80 Å². The van der Waals surface area contributed by atoms with Crippen LogP contribution in [0, 0.1) is 11.2 Å². The van der Waals surface area contributed by atoms with E-state index in [-0.39, 0.29) is 53.0 Å². The quantitative estimate of drug-likeness (QED) is 0.790. The molecule has 5 rings (SSSR count). The fourth-order valence-electron chi connectivity index (χ4n) is 4.97. The number of urea groups is 1. The molecule has 1 aliphatic carbocycles. The largest absolute Gasteiger partial charge is 0.489 e. The van der Waals surface area contributed by atoms with Gasteiger partial charge in [-0.2, -0.15) is 0 Å². The van der Waals surface area contributed by atoms with Crippen molar-refractivity contribution in [1.82, 2.24) is 15.1 Å². The minimum absolute atomic E-state index is 0.00214. The van der Waals surface area contributed by atoms with Crippen molar-refractivity contribution >= 4 is 23.5 Å². The summed E-state index contributed by atoms with van der Waals surface area (Å²) in [5.74, 6) is -0.00558. The molecule has 0 radical (unpaired) electrons. The Morgan fingerprint density at radius 2 is 2.10 bits per heavy atom. The summed E-state index contributed by atoms with van der Waals surface area (Å²) in [6.45, 7) is 2.68. The third-order valence-electron chi connectivity index (χ3n) is 6.43. The first kappa shape index (κ1) is 18.9. The molecule has 3 aliphatic heterocycles. The molecule has 3 amide bonds. The van der Waals surface area contributed by atoms with E-state index >= 15 is 0 Å². The molecule has 4 fully saturated rings. The van der Waals surface area contributed by atoms with Crippen LogP contribution in [-0.4, -0.2) is 72.8 Å². The first-order valence-corrected chi connectivity index (χ1v) is 10.4. The summed E-state index contributed by atoms with van der Waals surface area (Å²) in [4.78, 5) is 28.0. The third kappa shape index (κ3) is 3.53. The Bertz CT molecular complexity index is 839. The molecule has 156 valence electrons. The number of fused-ring (bicyclic) bond motifs is 1. The average Bonchev–Trinajstić information content (AvgIpc) is 2.63. The molecule has 29 heavy (non-hydrogen) atoms. The molecular weight excluding hydrogens is 401 g/mol. The molecule has 2 atom stereocenters. The van der Waals surface area contributed by atoms with Crippen LogP contribution in [0.4, 0.5) is 9.18 Å². The van der Waals surface area contributed by atoms with Crippen LogP contribution < -0.4 is 10.1 Å². The SMILES string of the molecule is O=C1CO[C@H]2CCN(C(=O)N3CC4(CC(Oc5ccc(F)cc5Cl)C4)C3)C[C@H]2N1. The van der Waals surface area contributed by atoms with E-state index in [1.54, 1.807) is 6.07 Å². The zero-order valence-corrected chi connectivity index (χ0v) is 16.7. The Kier molecular flexibility index (Phi) is 4.58. The maximum absolute atomic E-state index is 13.1. The number of nitrogens with one attached hydrogen (secondary N) is 1. The second-order valence-electron chi connectivity index (χ2n) is 8.62. The highest BCUT2D eigenvalue weighted by molar-refractivity contribution is 6.32. The first-order valence-electron chi connectivity index (χ1n) is 9.97. The lowest BCUT2D eigenvalue weighted by Gasteiger charge is -2.59. The molecule has 0 unspecified atom stereocenters. The molecular formula is C20H23ClFN3O4. The summed E-state index contributed by atoms with van der Waals surface area (Å²) in [6, 6.07) is 4.04. The van der Waals surface area contributed by atoms with Crippen molar-refractivity contribution in [2.24, 2.45) is 5.41 Å². The van der Waals surface area contributed by atoms with Gasteiger partial charge in [-0.25, -0.2) is 9.18 Å². The monoisotopic (exact) mass is 423 g/mol. The smallest absolute Gasteiger partial charge is 0.320 e. The normalized spacial score (nSPS) is 28.3. The van der Waals surface area contributed by atoms with Crippen LogP contribution in [0.3, 0.4) is 0 Å². The molecule has 1 saturated carbocycles. The summed E-state index contributed by atoms with van der Waals surface area (Å²) in [6.07, 6.45) is 2.50. The maximum atomic E-state index is 13.1. The number of carbonyl (C=O) groups excluding carboxylic acids is 2. The molecule has 1 spiro atoms. The topological polar surface area (TPSA) is 71.1 Å². The van der Waals surface area contributed by atoms with E-state index in [9.17, 15) is 14.0 Å². The Balaban J connectivity index is 1.10. The molecule has 3 heterocycles. The van der Waals surface area contributed by atoms with Crippen molar-refractivity contribution < 1.29 is 23.5 Å². The van der Waals surface area contributed by atoms with E-state index in [0.29, 0.717) is 18.8 Å². The zero-order valence-electron chi connectivity index (χ0n) is 15.9. The number of halogens is 2. The summed E-state index contributed by atoms with van der Waals surface area (Å²) < 4.78 is 24.6. The van der Waals surface area contributed by atoms with Gasteiger partial charge in [-0.1, -0.05) is 11.6 Å². The number of hydrogen-bond acceptors (Lipinski definition) is 4. The highest BCUT2D eigenvalue weighted by atomic mass is 35.5. The van der Waals surface area contributed by atoms with E-state index < -0.39 is 0 Å². The summed E-state index contributed by atoms with van der Waals surface area (Å²) >= 11 is 6.02. The van der Waals surface area contributed by atoms with Crippen molar-refractivity contribution in [3.8, 4) is 5.75 Å². The van der Waals surface area contributed by atoms with Crippen LogP contribution >= 0.6 is 11.6 Å². The van der Waals surface area contributed by atoms with Crippen molar-refractivity contribution in [2.45, 2.75) is 37.5 Å². The van der Waals surface area contributed by atoms with Crippen LogP contribution in [0.1, 0.15) is 19.3 Å². The Hall–Kier alpha value is -2.06. The number of ether oxygens (including phenoxy) is 2. The number of benzene rings is 1. The van der Waals surface area contributed by atoms with E-state index in [4.69, 9.17) is 21.1 Å². The van der Waals surface area contributed by atoms with E-state index in [2.05, 4.69) is 5.32 Å². The van der Waals surface area contributed by atoms with Crippen molar-refractivity contribution in [2.75, 3.05) is 32.8 Å². The molecule has 0 aromatic heterocycles. The molecule has 3 saturated heterocycles. The molecule has 4 aliphatic rings. The van der Waals surface area contributed by atoms with Gasteiger partial charge in [-0.15, -0.1) is 0 Å². The van der Waals surface area contributed by atoms with Crippen LogP contribution in [-0.2, 0) is 9.53 Å². The molecule has 1 aromatic carbocycles. The van der Waals surface area contributed by atoms with Gasteiger partial charge in [0.15, 0.2) is 0 Å². The fraction of sp³-hybridized carbons (Fsp3) is 0.600. The van der Waals surface area contributed by atoms with Crippen molar-refractivity contribution in [3.05, 3.63) is 29.0 Å². The van der Waals surface area contributed by atoms with Crippen LogP contribution in [0.25, 0.3) is 0 Å². The lowest BCUT2D eigenvalue weighted by atomic mass is 9.62. The van der Waals surface area contributed by atoms with E-state index in [1.165, 1.54) is 12.1 Å². The van der Waals surface area contributed by atoms with Crippen LogP contribution in [0.15, 0.2) is 18.2 Å². The number of morpholine rings is 1. The summed E-state index contributed by atoms with van der Waals surface area (Å²) in [5, 5.41) is 3.20. The summed E-state index contributed by atoms with van der Waals surface area (Å²) in [7, 11) is 0. The van der Waals surface area contributed by atoms with Crippen LogP contribution in [0.5, 0.6) is 5.75 Å². The average molecular weight is 424 g/mol. The van der Waals surface area contributed by atoms with Gasteiger partial charge in [0.1, 0.15) is 24.3 Å². The predicted octanol–water partition coefficient (Wildman–Crippen LogP) is 2.03. The molecule has 1 N–H and O–H groups in total. The molecule has 9 heteroatoms. The van der Waals surface area contributed by atoms with Gasteiger partial charge in [0.2, 0.25) is 5.91 Å². The van der Waals surface area contributed by atoms with Crippen molar-refractivity contribution in [3.63, 3.8) is 0 Å². The number of hydrogen-bond donors (Lipinski definition) is 1. The number of rotatable bonds is 2. The lowest BCUT2D eigenvalue weighted by molar-refractivity contribution is -0.140. The van der Waals surface area contributed by atoms with Gasteiger partial charge in [0.25, 0.3) is 0 Å². The second-order valence-corrected chi connectivity index (χ2v) is 9.03. The first-order chi connectivity index (χ1) is 13.9. The Labute approximate surface area is 173 Å². The Morgan fingerprint density at radius 3 is 2.86 bits per heavy atom. The van der Waals surface area contributed by atoms with Gasteiger partial charge >= 0.3 is 6.03 Å². The highest BCUT2D eigenvalue weighted by Gasteiger charge is 2.55. The molecule has 0 bridgehead atoms. The number of carbonyl (C=O) groups is 2. The molecule has 1 aromatic rings. The third-order valence-corrected chi connectivity index (χ3v) is 6.72. The van der Waals surface area contributed by atoms with Crippen LogP contribution in [0.2, 0.25) is 5.02 Å². The number of likely N-dealkylation sites (tertiary alicyclic amines) is 2. The molecule has 7 nitrogen and oxygen atoms in total. The minimum atomic E-state index is -0.385. The Morgan fingerprint density at radius 1 is 1.31 bits per heavy atom. The number of nitrogens with zero attached hydrogens (tertiary/aromatic N) is 2. The lowest BCUT2D eigenvalue weighted by Crippen LogP contribution is -2.69. The number of piperidine rings is 1. The van der Waals surface area contributed by atoms with Gasteiger partial charge < -0.3 is 24.6 Å². The highest BCUT2D eigenvalue weighted by Crippen LogP contribution is 2.50. The standard InChI is InChI=1S/C20H23ClFN3O4/c21-14-5-12(22)1-2-16(14)29-13-6-20(7-13)10-25(11-20)19(27)24-4-3-17-15(8-24)23-18(26)9-28-17/h1-2,5,13,15,17H,3-4,6-11H2,(H,23,26)/t15-,17+/m1/s1.